The number of amides is 1. The minimum absolute atomic E-state index is 0. The van der Waals surface area contributed by atoms with Crippen LogP contribution in [-0.4, -0.2) is 86.0 Å². The van der Waals surface area contributed by atoms with Gasteiger partial charge in [0, 0.05) is 73.7 Å². The highest BCUT2D eigenvalue weighted by molar-refractivity contribution is 6.66. The first kappa shape index (κ1) is 45.8. The Hall–Kier alpha value is -5.85. The van der Waals surface area contributed by atoms with Crippen molar-refractivity contribution in [2.24, 2.45) is 21.8 Å². The number of aromatic hydroxyl groups is 2. The summed E-state index contributed by atoms with van der Waals surface area (Å²) in [7, 11) is 0. The molecule has 0 unspecified atom stereocenters. The molecule has 13 heteroatoms. The molecule has 8 rings (SSSR count). The van der Waals surface area contributed by atoms with Gasteiger partial charge in [-0.2, -0.15) is 0 Å². The second-order valence-corrected chi connectivity index (χ2v) is 15.6. The monoisotopic (exact) mass is 822 g/mol. The average Bonchev–Trinajstić information content (AvgIpc) is 3.81. The Morgan fingerprint density at radius 3 is 1.51 bits per heavy atom. The molecule has 0 spiro atoms. The van der Waals surface area contributed by atoms with Crippen LogP contribution >= 0.6 is 11.6 Å². The number of phenolic OH excluding ortho intramolecular Hbond substituents is 2. The number of ether oxygens (including phenoxy) is 2. The molecule has 4 aromatic rings. The fourth-order valence-electron chi connectivity index (χ4n) is 6.60. The number of carbonyl (C=O) groups is 2. The quantitative estimate of drug-likeness (QED) is 0.106. The molecule has 59 heavy (non-hydrogen) atoms. The minimum atomic E-state index is -0.509. The van der Waals surface area contributed by atoms with E-state index >= 15 is 0 Å². The maximum atomic E-state index is 11.7. The summed E-state index contributed by atoms with van der Waals surface area (Å²) in [5, 5.41) is 21.8. The molecule has 0 aliphatic carbocycles. The van der Waals surface area contributed by atoms with E-state index in [1.54, 1.807) is 29.2 Å². The number of phenols is 2. The molecule has 2 aromatic carbocycles. The molecular weight excluding hydrogens is 768 g/mol. The van der Waals surface area contributed by atoms with Crippen molar-refractivity contribution in [2.75, 3.05) is 26.2 Å². The van der Waals surface area contributed by atoms with Crippen LogP contribution in [0.2, 0.25) is 0 Å². The van der Waals surface area contributed by atoms with E-state index in [1.165, 1.54) is 6.08 Å². The zero-order valence-corrected chi connectivity index (χ0v) is 33.3. The third-order valence-electron chi connectivity index (χ3n) is 10.5. The van der Waals surface area contributed by atoms with Crippen LogP contribution in [0.1, 0.15) is 65.1 Å². The molecule has 0 bridgehead atoms. The summed E-state index contributed by atoms with van der Waals surface area (Å²) in [6.45, 7) is 19.4. The van der Waals surface area contributed by atoms with E-state index in [-0.39, 0.29) is 43.8 Å². The van der Waals surface area contributed by atoms with Gasteiger partial charge in [-0.15, -0.1) is 0 Å². The zero-order chi connectivity index (χ0) is 40.9. The van der Waals surface area contributed by atoms with Crippen LogP contribution in [0.15, 0.2) is 96.0 Å². The lowest BCUT2D eigenvalue weighted by Gasteiger charge is -2.47. The Balaban J connectivity index is 0.000000229. The van der Waals surface area contributed by atoms with Gasteiger partial charge in [-0.1, -0.05) is 28.0 Å². The molecule has 2 fully saturated rings. The van der Waals surface area contributed by atoms with Crippen LogP contribution in [0.4, 0.5) is 0 Å². The predicted octanol–water partition coefficient (Wildman–Crippen LogP) is 8.16. The molecule has 2 saturated heterocycles. The summed E-state index contributed by atoms with van der Waals surface area (Å²) in [6.07, 6.45) is 6.05. The Labute approximate surface area is 352 Å². The Morgan fingerprint density at radius 1 is 0.746 bits per heavy atom. The van der Waals surface area contributed by atoms with Gasteiger partial charge in [0.1, 0.15) is 34.2 Å². The summed E-state index contributed by atoms with van der Waals surface area (Å²) in [5.74, 6) is 2.73. The van der Waals surface area contributed by atoms with Crippen molar-refractivity contribution in [3.8, 4) is 45.5 Å². The maximum absolute atomic E-state index is 11.7. The lowest BCUT2D eigenvalue weighted by Crippen LogP contribution is -2.59. The van der Waals surface area contributed by atoms with Crippen molar-refractivity contribution in [2.45, 2.75) is 66.8 Å². The molecule has 0 radical (unpaired) electrons. The van der Waals surface area contributed by atoms with Gasteiger partial charge >= 0.3 is 0 Å². The number of pyridine rings is 2. The van der Waals surface area contributed by atoms with E-state index in [2.05, 4.69) is 42.3 Å². The number of carbonyl (C=O) groups excluding carboxylic acids is 2. The number of hydrogen-bond acceptors (Lipinski definition) is 11. The van der Waals surface area contributed by atoms with Gasteiger partial charge in [0.15, 0.2) is 0 Å². The van der Waals surface area contributed by atoms with E-state index in [1.807, 2.05) is 62.7 Å². The number of nitrogens with one attached hydrogen (secondary N) is 1. The molecular formula is C46H55ClN6O6. The first-order valence-corrected chi connectivity index (χ1v) is 19.0. The van der Waals surface area contributed by atoms with Gasteiger partial charge in [-0.25, -0.2) is 9.97 Å². The van der Waals surface area contributed by atoms with E-state index in [4.69, 9.17) is 31.0 Å². The smallest absolute Gasteiger partial charge is 0.245 e. The molecule has 4 aliphatic rings. The SMILES string of the molecule is C.C.C=CC(=O)Cl.C=CC(=O)N1CC(C(C)(C)Oc2cc(-c3ccc(O)cc3)nc3c2C=NC3)C1.CC(C)(Oc1cc(-c2ccc(O)cc2)nc2c1C=NC2)C1CNC1. The van der Waals surface area contributed by atoms with E-state index in [0.29, 0.717) is 32.1 Å². The largest absolute Gasteiger partial charge is 0.508 e. The molecule has 1 amide bonds. The van der Waals surface area contributed by atoms with Crippen molar-refractivity contribution in [1.82, 2.24) is 20.2 Å². The first-order valence-electron chi connectivity index (χ1n) is 18.7. The first-order chi connectivity index (χ1) is 27.2. The lowest BCUT2D eigenvalue weighted by atomic mass is 9.84. The van der Waals surface area contributed by atoms with Crippen LogP contribution in [0, 0.1) is 11.8 Å². The van der Waals surface area contributed by atoms with Gasteiger partial charge in [0.05, 0.1) is 47.0 Å². The van der Waals surface area contributed by atoms with Crippen molar-refractivity contribution in [3.63, 3.8) is 0 Å². The number of benzene rings is 2. The number of fused-ring (bicyclic) bond motifs is 2. The Morgan fingerprint density at radius 2 is 1.15 bits per heavy atom. The van der Waals surface area contributed by atoms with Gasteiger partial charge in [0.2, 0.25) is 11.1 Å². The highest BCUT2D eigenvalue weighted by Crippen LogP contribution is 2.38. The Bertz CT molecular complexity index is 2210. The highest BCUT2D eigenvalue weighted by Gasteiger charge is 2.42. The number of allylic oxidation sites excluding steroid dienone is 1. The number of aromatic nitrogens is 2. The molecule has 12 nitrogen and oxygen atoms in total. The van der Waals surface area contributed by atoms with Crippen LogP contribution in [0.5, 0.6) is 23.0 Å². The molecule has 2 aromatic heterocycles. The minimum Gasteiger partial charge on any atom is -0.508 e. The third kappa shape index (κ3) is 10.8. The average molecular weight is 823 g/mol. The van der Waals surface area contributed by atoms with Gasteiger partial charge in [-0.05, 0) is 100.0 Å². The fourth-order valence-corrected chi connectivity index (χ4v) is 6.60. The van der Waals surface area contributed by atoms with Crippen LogP contribution in [0.3, 0.4) is 0 Å². The van der Waals surface area contributed by atoms with Gasteiger partial charge in [-0.3, -0.25) is 19.6 Å². The van der Waals surface area contributed by atoms with Crippen LogP contribution in [0.25, 0.3) is 22.5 Å². The van der Waals surface area contributed by atoms with Crippen molar-refractivity contribution >= 4 is 35.2 Å². The van der Waals surface area contributed by atoms with Crippen LogP contribution < -0.4 is 14.8 Å². The number of rotatable bonds is 10. The maximum Gasteiger partial charge on any atom is 0.245 e. The molecule has 6 heterocycles. The number of halogens is 1. The van der Waals surface area contributed by atoms with E-state index in [9.17, 15) is 19.8 Å². The van der Waals surface area contributed by atoms with Gasteiger partial charge in [0.25, 0.3) is 0 Å². The summed E-state index contributed by atoms with van der Waals surface area (Å²) >= 11 is 4.71. The third-order valence-corrected chi connectivity index (χ3v) is 10.6. The highest BCUT2D eigenvalue weighted by atomic mass is 35.5. The number of hydrogen-bond donors (Lipinski definition) is 3. The van der Waals surface area contributed by atoms with Crippen LogP contribution in [-0.2, 0) is 22.7 Å². The molecule has 0 atom stereocenters. The summed E-state index contributed by atoms with van der Waals surface area (Å²) in [6, 6.07) is 17.9. The Kier molecular flexibility index (Phi) is 15.0. The lowest BCUT2D eigenvalue weighted by molar-refractivity contribution is -0.137. The second-order valence-electron chi connectivity index (χ2n) is 15.2. The topological polar surface area (TPSA) is 159 Å². The van der Waals surface area contributed by atoms with Crippen molar-refractivity contribution in [3.05, 3.63) is 108 Å². The van der Waals surface area contributed by atoms with Crippen molar-refractivity contribution < 1.29 is 29.3 Å². The summed E-state index contributed by atoms with van der Waals surface area (Å²) in [4.78, 5) is 41.1. The number of nitrogens with zero attached hydrogens (tertiary/aromatic N) is 5. The standard InChI is InChI=1S/C22H23N3O3.C19H21N3O2.C3H3ClO.2CH4/c1-4-21(27)25-12-15(13-25)22(2,3)28-20-9-18(14-5-7-16(26)8-6-14)24-19-11-23-10-17(19)20;1-19(2,13-8-20-9-13)24-18-7-16(12-3-5-14(23)6-4-12)22-17-11-21-10-15(17)18;1-2-3(4)5;;/h4-10,15,26H,1,11-13H2,2-3H3;3-7,10,13,20,23H,8-9,11H2,1-2H3;2H,1H2;2*1H4. The summed E-state index contributed by atoms with van der Waals surface area (Å²) < 4.78 is 12.9. The van der Waals surface area contributed by atoms with E-state index in [0.717, 1.165) is 75.7 Å². The fraction of sp³-hybridized carbons (Fsp3) is 0.348. The van der Waals surface area contributed by atoms with Gasteiger partial charge < -0.3 is 29.9 Å². The second kappa shape index (κ2) is 19.3. The number of likely N-dealkylation sites (tertiary alicyclic amines) is 1. The molecule has 312 valence electrons. The molecule has 0 saturated carbocycles. The normalized spacial score (nSPS) is 14.9. The molecule has 3 N–H and O–H groups in total. The molecule has 4 aliphatic heterocycles. The predicted molar refractivity (Wildman–Crippen MR) is 236 cm³/mol. The van der Waals surface area contributed by atoms with E-state index < -0.39 is 10.8 Å². The number of aliphatic imine (C=N–C) groups is 2. The van der Waals surface area contributed by atoms with Crippen molar-refractivity contribution in [1.29, 1.82) is 0 Å². The zero-order valence-electron chi connectivity index (χ0n) is 32.5. The summed E-state index contributed by atoms with van der Waals surface area (Å²) in [5.41, 5.74) is 6.51.